The molecule has 3 aromatic rings. The van der Waals surface area contributed by atoms with Gasteiger partial charge >= 0.3 is 0 Å². The lowest BCUT2D eigenvalue weighted by Gasteiger charge is -2.16. The molecule has 0 heterocycles. The summed E-state index contributed by atoms with van der Waals surface area (Å²) in [5, 5.41) is 3.51. The van der Waals surface area contributed by atoms with Gasteiger partial charge in [-0.25, -0.2) is 0 Å². The van der Waals surface area contributed by atoms with Gasteiger partial charge in [0.1, 0.15) is 6.61 Å². The standard InChI is InChI=1S/C24H27NO2.ClH/c1-19-11-13-21(14-12-19)18-27-24-22(9-6-10-23(24)26-2)17-25-16-15-20-7-4-3-5-8-20;/h3-14,25H,15-18H2,1-2H3;1H. The topological polar surface area (TPSA) is 30.5 Å². The average Bonchev–Trinajstić information content (AvgIpc) is 2.72. The molecule has 0 saturated carbocycles. The van der Waals surface area contributed by atoms with Crippen molar-refractivity contribution in [1.29, 1.82) is 0 Å². The number of aryl methyl sites for hydroxylation is 1. The van der Waals surface area contributed by atoms with Crippen LogP contribution in [0.3, 0.4) is 0 Å². The molecule has 3 rings (SSSR count). The maximum absolute atomic E-state index is 6.14. The van der Waals surface area contributed by atoms with E-state index in [1.807, 2.05) is 18.2 Å². The lowest BCUT2D eigenvalue weighted by atomic mass is 10.1. The zero-order chi connectivity index (χ0) is 18.9. The van der Waals surface area contributed by atoms with Crippen LogP contribution in [0.5, 0.6) is 11.5 Å². The van der Waals surface area contributed by atoms with E-state index in [0.29, 0.717) is 6.61 Å². The van der Waals surface area contributed by atoms with Gasteiger partial charge in [-0.3, -0.25) is 0 Å². The van der Waals surface area contributed by atoms with Crippen LogP contribution in [-0.2, 0) is 19.6 Å². The molecule has 0 atom stereocenters. The highest BCUT2D eigenvalue weighted by Crippen LogP contribution is 2.31. The van der Waals surface area contributed by atoms with E-state index in [4.69, 9.17) is 9.47 Å². The molecule has 0 aromatic heterocycles. The second-order valence-corrected chi connectivity index (χ2v) is 6.64. The van der Waals surface area contributed by atoms with Crippen LogP contribution in [-0.4, -0.2) is 13.7 Å². The maximum Gasteiger partial charge on any atom is 0.166 e. The molecule has 0 aliphatic carbocycles. The normalized spacial score (nSPS) is 10.2. The van der Waals surface area contributed by atoms with Crippen LogP contribution in [0, 0.1) is 6.92 Å². The van der Waals surface area contributed by atoms with Crippen molar-refractivity contribution < 1.29 is 9.47 Å². The van der Waals surface area contributed by atoms with Gasteiger partial charge in [-0.15, -0.1) is 12.4 Å². The van der Waals surface area contributed by atoms with Crippen molar-refractivity contribution >= 4 is 12.4 Å². The van der Waals surface area contributed by atoms with Crippen LogP contribution in [0.4, 0.5) is 0 Å². The molecule has 0 fully saturated rings. The summed E-state index contributed by atoms with van der Waals surface area (Å²) in [7, 11) is 1.68. The Balaban J connectivity index is 0.00000280. The van der Waals surface area contributed by atoms with Gasteiger partial charge in [-0.05, 0) is 37.1 Å². The van der Waals surface area contributed by atoms with Crippen molar-refractivity contribution in [2.24, 2.45) is 0 Å². The third-order valence-corrected chi connectivity index (χ3v) is 4.53. The summed E-state index contributed by atoms with van der Waals surface area (Å²) in [5.41, 5.74) is 4.84. The van der Waals surface area contributed by atoms with E-state index in [2.05, 4.69) is 66.8 Å². The molecule has 3 aromatic carbocycles. The van der Waals surface area contributed by atoms with Crippen molar-refractivity contribution in [2.45, 2.75) is 26.5 Å². The average molecular weight is 398 g/mol. The Labute approximate surface area is 174 Å². The predicted molar refractivity (Wildman–Crippen MR) is 118 cm³/mol. The van der Waals surface area contributed by atoms with E-state index in [1.165, 1.54) is 11.1 Å². The van der Waals surface area contributed by atoms with E-state index in [9.17, 15) is 0 Å². The van der Waals surface area contributed by atoms with E-state index in [-0.39, 0.29) is 12.4 Å². The number of halogens is 1. The monoisotopic (exact) mass is 397 g/mol. The van der Waals surface area contributed by atoms with Crippen molar-refractivity contribution in [2.75, 3.05) is 13.7 Å². The molecule has 148 valence electrons. The van der Waals surface area contributed by atoms with Crippen molar-refractivity contribution in [3.05, 3.63) is 95.1 Å². The summed E-state index contributed by atoms with van der Waals surface area (Å²) >= 11 is 0. The van der Waals surface area contributed by atoms with Crippen LogP contribution in [0.1, 0.15) is 22.3 Å². The maximum atomic E-state index is 6.14. The highest BCUT2D eigenvalue weighted by molar-refractivity contribution is 5.85. The number of benzene rings is 3. The summed E-state index contributed by atoms with van der Waals surface area (Å²) in [6, 6.07) is 25.0. The number of hydrogen-bond donors (Lipinski definition) is 1. The number of rotatable bonds is 9. The molecule has 0 aliphatic rings. The zero-order valence-corrected chi connectivity index (χ0v) is 17.3. The first-order valence-corrected chi connectivity index (χ1v) is 9.35. The Morgan fingerprint density at radius 1 is 0.821 bits per heavy atom. The third-order valence-electron chi connectivity index (χ3n) is 4.53. The van der Waals surface area contributed by atoms with Gasteiger partial charge in [0.2, 0.25) is 0 Å². The van der Waals surface area contributed by atoms with Gasteiger partial charge in [-0.1, -0.05) is 72.3 Å². The van der Waals surface area contributed by atoms with Crippen molar-refractivity contribution in [1.82, 2.24) is 5.32 Å². The lowest BCUT2D eigenvalue weighted by molar-refractivity contribution is 0.280. The lowest BCUT2D eigenvalue weighted by Crippen LogP contribution is -2.17. The van der Waals surface area contributed by atoms with E-state index in [1.54, 1.807) is 7.11 Å². The molecule has 28 heavy (non-hydrogen) atoms. The summed E-state index contributed by atoms with van der Waals surface area (Å²) in [6.45, 7) is 4.27. The molecule has 3 nitrogen and oxygen atoms in total. The molecular formula is C24H28ClNO2. The quantitative estimate of drug-likeness (QED) is 0.494. The van der Waals surface area contributed by atoms with Gasteiger partial charge in [-0.2, -0.15) is 0 Å². The van der Waals surface area contributed by atoms with Gasteiger partial charge in [0.15, 0.2) is 11.5 Å². The minimum Gasteiger partial charge on any atom is -0.493 e. The Hall–Kier alpha value is -2.49. The summed E-state index contributed by atoms with van der Waals surface area (Å²) in [4.78, 5) is 0. The Morgan fingerprint density at radius 2 is 1.57 bits per heavy atom. The molecule has 1 N–H and O–H groups in total. The van der Waals surface area contributed by atoms with E-state index < -0.39 is 0 Å². The summed E-state index contributed by atoms with van der Waals surface area (Å²) in [5.74, 6) is 1.58. The number of para-hydroxylation sites is 1. The summed E-state index contributed by atoms with van der Waals surface area (Å²) in [6.07, 6.45) is 1.00. The van der Waals surface area contributed by atoms with Crippen molar-refractivity contribution in [3.63, 3.8) is 0 Å². The van der Waals surface area contributed by atoms with Gasteiger partial charge < -0.3 is 14.8 Å². The predicted octanol–water partition coefficient (Wildman–Crippen LogP) is 5.34. The molecular weight excluding hydrogens is 370 g/mol. The first kappa shape index (κ1) is 21.8. The fourth-order valence-corrected chi connectivity index (χ4v) is 2.97. The largest absolute Gasteiger partial charge is 0.493 e. The highest BCUT2D eigenvalue weighted by Gasteiger charge is 2.11. The minimum atomic E-state index is 0. The molecule has 0 aliphatic heterocycles. The van der Waals surface area contributed by atoms with Gasteiger partial charge in [0.25, 0.3) is 0 Å². The fraction of sp³-hybridized carbons (Fsp3) is 0.250. The fourth-order valence-electron chi connectivity index (χ4n) is 2.97. The molecule has 0 amide bonds. The summed E-state index contributed by atoms with van der Waals surface area (Å²) < 4.78 is 11.7. The molecule has 0 saturated heterocycles. The van der Waals surface area contributed by atoms with Crippen LogP contribution < -0.4 is 14.8 Å². The number of ether oxygens (including phenoxy) is 2. The second kappa shape index (κ2) is 11.4. The molecule has 0 bridgehead atoms. The van der Waals surface area contributed by atoms with Crippen LogP contribution in [0.2, 0.25) is 0 Å². The zero-order valence-electron chi connectivity index (χ0n) is 16.5. The molecule has 0 radical (unpaired) electrons. The molecule has 0 spiro atoms. The third kappa shape index (κ3) is 6.29. The Bertz CT molecular complexity index is 835. The molecule has 0 unspecified atom stereocenters. The number of nitrogens with one attached hydrogen (secondary N) is 1. The Morgan fingerprint density at radius 3 is 2.29 bits per heavy atom. The van der Waals surface area contributed by atoms with Crippen molar-refractivity contribution in [3.8, 4) is 11.5 Å². The minimum absolute atomic E-state index is 0. The number of hydrogen-bond acceptors (Lipinski definition) is 3. The smallest absolute Gasteiger partial charge is 0.166 e. The number of methoxy groups -OCH3 is 1. The van der Waals surface area contributed by atoms with E-state index >= 15 is 0 Å². The highest BCUT2D eigenvalue weighted by atomic mass is 35.5. The van der Waals surface area contributed by atoms with Crippen LogP contribution >= 0.6 is 12.4 Å². The molecule has 4 heteroatoms. The van der Waals surface area contributed by atoms with Gasteiger partial charge in [0, 0.05) is 12.1 Å². The Kier molecular flexibility index (Phi) is 8.86. The van der Waals surface area contributed by atoms with Crippen LogP contribution in [0.25, 0.3) is 0 Å². The van der Waals surface area contributed by atoms with Crippen LogP contribution in [0.15, 0.2) is 72.8 Å². The van der Waals surface area contributed by atoms with Gasteiger partial charge in [0.05, 0.1) is 7.11 Å². The first-order chi connectivity index (χ1) is 13.3. The first-order valence-electron chi connectivity index (χ1n) is 9.35. The van der Waals surface area contributed by atoms with E-state index in [0.717, 1.165) is 42.1 Å². The SMILES string of the molecule is COc1cccc(CNCCc2ccccc2)c1OCc1ccc(C)cc1.Cl. The second-order valence-electron chi connectivity index (χ2n) is 6.64.